The van der Waals surface area contributed by atoms with Crippen molar-refractivity contribution in [3.8, 4) is 0 Å². The average Bonchev–Trinajstić information content (AvgIpc) is 2.09. The lowest BCUT2D eigenvalue weighted by molar-refractivity contribution is -0.896. The predicted molar refractivity (Wildman–Crippen MR) is 50.8 cm³/mol. The molecular weight excluding hydrogens is 210 g/mol. The Kier molecular flexibility index (Phi) is 7.14. The molecule has 0 unspecified atom stereocenters. The summed E-state index contributed by atoms with van der Waals surface area (Å²) in [7, 11) is 0. The molecule has 0 aliphatic carbocycles. The normalized spacial score (nSPS) is 10.4. The van der Waals surface area contributed by atoms with Crippen molar-refractivity contribution >= 4 is 23.5 Å². The zero-order valence-corrected chi connectivity index (χ0v) is 8.59. The first-order valence-corrected chi connectivity index (χ1v) is 4.93. The molecule has 0 aromatic heterocycles. The highest BCUT2D eigenvalue weighted by Crippen LogP contribution is 1.76. The van der Waals surface area contributed by atoms with Gasteiger partial charge in [0.25, 0.3) is 0 Å². The number of alkyl halides is 1. The van der Waals surface area contributed by atoms with E-state index in [2.05, 4.69) is 0 Å². The number of hydrogen-bond acceptors (Lipinski definition) is 2. The van der Waals surface area contributed by atoms with E-state index in [-0.39, 0.29) is 12.8 Å². The van der Waals surface area contributed by atoms with Gasteiger partial charge < -0.3 is 15.1 Å². The molecule has 0 aliphatic heterocycles. The van der Waals surface area contributed by atoms with E-state index in [4.69, 9.17) is 21.8 Å². The summed E-state index contributed by atoms with van der Waals surface area (Å²) in [5, 5.41) is 16.9. The first-order chi connectivity index (χ1) is 6.56. The Labute approximate surface area is 87.3 Å². The maximum atomic E-state index is 10.3. The van der Waals surface area contributed by atoms with E-state index < -0.39 is 11.9 Å². The van der Waals surface area contributed by atoms with Crippen LogP contribution in [0.25, 0.3) is 0 Å². The minimum atomic E-state index is -0.868. The first-order valence-electron chi connectivity index (χ1n) is 4.39. The highest BCUT2D eigenvalue weighted by molar-refractivity contribution is 6.17. The van der Waals surface area contributed by atoms with Crippen molar-refractivity contribution in [2.45, 2.75) is 12.8 Å². The topological polar surface area (TPSA) is 79.0 Å². The number of quaternary nitrogens is 1. The Balaban J connectivity index is 3.76. The van der Waals surface area contributed by atoms with Crippen LogP contribution in [0.1, 0.15) is 12.8 Å². The van der Waals surface area contributed by atoms with Gasteiger partial charge in [0.05, 0.1) is 38.4 Å². The maximum Gasteiger partial charge on any atom is 0.309 e. The standard InChI is InChI=1S/C8H14ClNO4/c9-3-6-10(4-1-7(11)12)5-2-8(13)14/h1-6H2,(H,11,12)(H,13,14)/p+1. The summed E-state index contributed by atoms with van der Waals surface area (Å²) in [5.74, 6) is -1.33. The number of carboxylic acid groups (broad SMARTS) is 2. The summed E-state index contributed by atoms with van der Waals surface area (Å²) < 4.78 is 0. The SMILES string of the molecule is O=C(O)CC[NH+](CCCl)CCC(=O)O. The Morgan fingerprint density at radius 2 is 1.43 bits per heavy atom. The van der Waals surface area contributed by atoms with E-state index in [0.717, 1.165) is 4.90 Å². The molecule has 0 bridgehead atoms. The van der Waals surface area contributed by atoms with Crippen LogP contribution in [0.4, 0.5) is 0 Å². The van der Waals surface area contributed by atoms with Gasteiger partial charge >= 0.3 is 11.9 Å². The molecule has 14 heavy (non-hydrogen) atoms. The van der Waals surface area contributed by atoms with E-state index in [9.17, 15) is 9.59 Å². The lowest BCUT2D eigenvalue weighted by atomic mass is 10.3. The van der Waals surface area contributed by atoms with Gasteiger partial charge in [-0.1, -0.05) is 0 Å². The van der Waals surface area contributed by atoms with Gasteiger partial charge in [-0.05, 0) is 0 Å². The van der Waals surface area contributed by atoms with Gasteiger partial charge in [-0.15, -0.1) is 11.6 Å². The van der Waals surface area contributed by atoms with Crippen LogP contribution in [0.15, 0.2) is 0 Å². The van der Waals surface area contributed by atoms with Crippen LogP contribution in [0.5, 0.6) is 0 Å². The maximum absolute atomic E-state index is 10.3. The van der Waals surface area contributed by atoms with Crippen molar-refractivity contribution in [2.75, 3.05) is 25.5 Å². The van der Waals surface area contributed by atoms with Gasteiger partial charge in [-0.25, -0.2) is 0 Å². The molecule has 0 atom stereocenters. The molecule has 0 radical (unpaired) electrons. The fraction of sp³-hybridized carbons (Fsp3) is 0.750. The highest BCUT2D eigenvalue weighted by atomic mass is 35.5. The summed E-state index contributed by atoms with van der Waals surface area (Å²) in [6.45, 7) is 1.45. The molecular formula is C8H15ClNO4+. The zero-order valence-electron chi connectivity index (χ0n) is 7.83. The molecule has 0 amide bonds. The third-order valence-corrected chi connectivity index (χ3v) is 2.02. The molecule has 0 spiro atoms. The number of nitrogens with one attached hydrogen (secondary N) is 1. The van der Waals surface area contributed by atoms with Gasteiger partial charge in [0.15, 0.2) is 0 Å². The van der Waals surface area contributed by atoms with Crippen LogP contribution < -0.4 is 4.90 Å². The molecule has 82 valence electrons. The zero-order chi connectivity index (χ0) is 11.0. The van der Waals surface area contributed by atoms with E-state index in [1.807, 2.05) is 0 Å². The predicted octanol–water partition coefficient (Wildman–Crippen LogP) is -0.940. The van der Waals surface area contributed by atoms with E-state index in [1.54, 1.807) is 0 Å². The van der Waals surface area contributed by atoms with Gasteiger partial charge in [0.1, 0.15) is 0 Å². The smallest absolute Gasteiger partial charge is 0.309 e. The Hall–Kier alpha value is -0.810. The quantitative estimate of drug-likeness (QED) is 0.465. The van der Waals surface area contributed by atoms with Gasteiger partial charge in [-0.3, -0.25) is 9.59 Å². The minimum absolute atomic E-state index is 0.0475. The lowest BCUT2D eigenvalue weighted by Crippen LogP contribution is -3.12. The second kappa shape index (κ2) is 7.58. The van der Waals surface area contributed by atoms with Crippen molar-refractivity contribution in [3.63, 3.8) is 0 Å². The lowest BCUT2D eigenvalue weighted by Gasteiger charge is -2.16. The molecule has 0 aromatic rings. The van der Waals surface area contributed by atoms with Gasteiger partial charge in [-0.2, -0.15) is 0 Å². The summed E-state index contributed by atoms with van der Waals surface area (Å²) in [5.41, 5.74) is 0. The van der Waals surface area contributed by atoms with E-state index in [0.29, 0.717) is 25.5 Å². The fourth-order valence-electron chi connectivity index (χ4n) is 1.08. The number of rotatable bonds is 8. The number of halogens is 1. The molecule has 0 saturated carbocycles. The summed E-state index contributed by atoms with van der Waals surface area (Å²) in [6.07, 6.45) is 0.0949. The molecule has 3 N–H and O–H groups in total. The Morgan fingerprint density at radius 1 is 1.00 bits per heavy atom. The average molecular weight is 225 g/mol. The third kappa shape index (κ3) is 7.82. The number of carbonyl (C=O) groups is 2. The van der Waals surface area contributed by atoms with Gasteiger partial charge in [0.2, 0.25) is 0 Å². The second-order valence-electron chi connectivity index (χ2n) is 2.98. The van der Waals surface area contributed by atoms with Gasteiger partial charge in [0, 0.05) is 0 Å². The number of aliphatic carboxylic acids is 2. The van der Waals surface area contributed by atoms with Crippen LogP contribution in [0.2, 0.25) is 0 Å². The van der Waals surface area contributed by atoms with Crippen LogP contribution in [-0.4, -0.2) is 47.7 Å². The molecule has 0 aliphatic rings. The molecule has 0 rings (SSSR count). The van der Waals surface area contributed by atoms with Crippen molar-refractivity contribution in [1.29, 1.82) is 0 Å². The molecule has 0 fully saturated rings. The largest absolute Gasteiger partial charge is 0.481 e. The van der Waals surface area contributed by atoms with Crippen molar-refractivity contribution < 1.29 is 24.7 Å². The van der Waals surface area contributed by atoms with Crippen LogP contribution in [0.3, 0.4) is 0 Å². The monoisotopic (exact) mass is 224 g/mol. The Morgan fingerprint density at radius 3 is 1.71 bits per heavy atom. The summed E-state index contributed by atoms with van der Waals surface area (Å²) in [4.78, 5) is 21.5. The van der Waals surface area contributed by atoms with Crippen molar-refractivity contribution in [1.82, 2.24) is 0 Å². The third-order valence-electron chi connectivity index (χ3n) is 1.83. The molecule has 0 saturated heterocycles. The molecule has 5 nitrogen and oxygen atoms in total. The minimum Gasteiger partial charge on any atom is -0.481 e. The van der Waals surface area contributed by atoms with Crippen molar-refractivity contribution in [2.24, 2.45) is 0 Å². The number of hydrogen-bond donors (Lipinski definition) is 3. The van der Waals surface area contributed by atoms with Crippen molar-refractivity contribution in [3.05, 3.63) is 0 Å². The molecule has 6 heteroatoms. The Bertz CT molecular complexity index is 180. The van der Waals surface area contributed by atoms with Crippen LogP contribution >= 0.6 is 11.6 Å². The highest BCUT2D eigenvalue weighted by Gasteiger charge is 2.11. The van der Waals surface area contributed by atoms with E-state index >= 15 is 0 Å². The number of carboxylic acids is 2. The first kappa shape index (κ1) is 13.2. The van der Waals surface area contributed by atoms with Crippen LogP contribution in [0, 0.1) is 0 Å². The fourth-order valence-corrected chi connectivity index (χ4v) is 1.34. The summed E-state index contributed by atoms with van der Waals surface area (Å²) >= 11 is 5.51. The molecule has 0 heterocycles. The van der Waals surface area contributed by atoms with Crippen LogP contribution in [-0.2, 0) is 9.59 Å². The second-order valence-corrected chi connectivity index (χ2v) is 3.35. The summed E-state index contributed by atoms with van der Waals surface area (Å²) in [6, 6.07) is 0. The van der Waals surface area contributed by atoms with E-state index in [1.165, 1.54) is 0 Å². The molecule has 0 aromatic carbocycles.